The lowest BCUT2D eigenvalue weighted by molar-refractivity contribution is 0.584. The standard InChI is InChI=1S/C19H48Si4/c1-11-12-13-14-15-16-17-18-19-23(20(2,3)4,21(5,6)7)22(8,9)10/h11-19H2,1-10H3. The summed E-state index contributed by atoms with van der Waals surface area (Å²) in [5.74, 6) is 0. The molecule has 0 bridgehead atoms. The van der Waals surface area contributed by atoms with Crippen LogP contribution in [-0.2, 0) is 0 Å². The van der Waals surface area contributed by atoms with Crippen LogP contribution in [-0.4, -0.2) is 29.4 Å². The first-order valence-corrected chi connectivity index (χ1v) is 26.0. The highest BCUT2D eigenvalue weighted by Gasteiger charge is 2.60. The Morgan fingerprint density at radius 2 is 0.739 bits per heavy atom. The maximum Gasteiger partial charge on any atom is 0.0374 e. The minimum atomic E-state index is -1.06. The van der Waals surface area contributed by atoms with Gasteiger partial charge in [0.25, 0.3) is 0 Å². The topological polar surface area (TPSA) is 0 Å². The molecule has 23 heavy (non-hydrogen) atoms. The summed E-state index contributed by atoms with van der Waals surface area (Å²) >= 11 is 0. The van der Waals surface area contributed by atoms with E-state index in [1.54, 1.807) is 12.5 Å². The van der Waals surface area contributed by atoms with Gasteiger partial charge in [0, 0.05) is 29.4 Å². The van der Waals surface area contributed by atoms with Crippen LogP contribution in [0, 0.1) is 0 Å². The SMILES string of the molecule is CCCCCCCCCC[Si]([Si](C)(C)C)([Si](C)(C)C)[Si](C)(C)C. The summed E-state index contributed by atoms with van der Waals surface area (Å²) in [6.45, 7) is 25.9. The Morgan fingerprint density at radius 3 is 1.04 bits per heavy atom. The summed E-state index contributed by atoms with van der Waals surface area (Å²) in [6, 6.07) is 1.68. The number of hydrogen-bond donors (Lipinski definition) is 0. The smallest absolute Gasteiger partial charge is 0.0374 e. The third-order valence-electron chi connectivity index (χ3n) is 6.25. The molecule has 140 valence electrons. The van der Waals surface area contributed by atoms with E-state index in [1.807, 2.05) is 0 Å². The number of unbranched alkanes of at least 4 members (excludes halogenated alkanes) is 7. The Morgan fingerprint density at radius 1 is 0.435 bits per heavy atom. The minimum absolute atomic E-state index is 1.03. The second kappa shape index (κ2) is 9.53. The maximum absolute atomic E-state index is 2.74. The zero-order valence-electron chi connectivity index (χ0n) is 18.4. The molecule has 0 aromatic carbocycles. The highest BCUT2D eigenvalue weighted by Crippen LogP contribution is 2.41. The summed E-state index contributed by atoms with van der Waals surface area (Å²) in [4.78, 5) is 0. The first-order valence-electron chi connectivity index (χ1n) is 10.3. The van der Waals surface area contributed by atoms with Crippen molar-refractivity contribution >= 4 is 29.4 Å². The van der Waals surface area contributed by atoms with E-state index in [9.17, 15) is 0 Å². The molecule has 0 saturated carbocycles. The van der Waals surface area contributed by atoms with Crippen molar-refractivity contribution in [1.29, 1.82) is 0 Å². The van der Waals surface area contributed by atoms with Crippen LogP contribution in [0.25, 0.3) is 0 Å². The summed E-state index contributed by atoms with van der Waals surface area (Å²) in [7, 11) is -3.09. The molecule has 0 unspecified atom stereocenters. The van der Waals surface area contributed by atoms with Crippen molar-refractivity contribution in [2.75, 3.05) is 0 Å². The molecule has 0 saturated heterocycles. The first kappa shape index (κ1) is 23.9. The molecule has 0 aliphatic carbocycles. The van der Waals surface area contributed by atoms with Gasteiger partial charge in [0.05, 0.1) is 0 Å². The average Bonchev–Trinajstić information content (AvgIpc) is 2.32. The lowest BCUT2D eigenvalue weighted by Gasteiger charge is -2.58. The molecule has 0 N–H and O–H groups in total. The van der Waals surface area contributed by atoms with Crippen LogP contribution in [0.1, 0.15) is 58.3 Å². The fourth-order valence-electron chi connectivity index (χ4n) is 6.02. The molecule has 0 nitrogen and oxygen atoms in total. The van der Waals surface area contributed by atoms with Gasteiger partial charge in [0.1, 0.15) is 0 Å². The van der Waals surface area contributed by atoms with Crippen LogP contribution >= 0.6 is 0 Å². The third-order valence-corrected chi connectivity index (χ3v) is 80.8. The predicted octanol–water partition coefficient (Wildman–Crippen LogP) is 7.83. The second-order valence-corrected chi connectivity index (χ2v) is 52.4. The molecular weight excluding hydrogens is 341 g/mol. The van der Waals surface area contributed by atoms with Crippen molar-refractivity contribution in [3.63, 3.8) is 0 Å². The quantitative estimate of drug-likeness (QED) is 0.236. The molecule has 4 heteroatoms. The Kier molecular flexibility index (Phi) is 9.89. The van der Waals surface area contributed by atoms with Crippen LogP contribution in [0.15, 0.2) is 0 Å². The Hall–Kier alpha value is 0.868. The molecule has 0 rings (SSSR count). The zero-order valence-corrected chi connectivity index (χ0v) is 22.4. The minimum Gasteiger partial charge on any atom is -0.0718 e. The molecule has 0 aliphatic rings. The van der Waals surface area contributed by atoms with E-state index in [0.29, 0.717) is 0 Å². The van der Waals surface area contributed by atoms with Gasteiger partial charge in [-0.1, -0.05) is 123 Å². The summed E-state index contributed by atoms with van der Waals surface area (Å²) in [6.07, 6.45) is 11.8. The largest absolute Gasteiger partial charge is 0.0718 e. The van der Waals surface area contributed by atoms with E-state index in [4.69, 9.17) is 0 Å². The van der Waals surface area contributed by atoms with Crippen LogP contribution in [0.3, 0.4) is 0 Å². The summed E-state index contributed by atoms with van der Waals surface area (Å²) in [5, 5.41) is 0. The molecule has 0 spiro atoms. The van der Waals surface area contributed by atoms with Crippen molar-refractivity contribution in [2.24, 2.45) is 0 Å². The summed E-state index contributed by atoms with van der Waals surface area (Å²) < 4.78 is 0. The Labute approximate surface area is 152 Å². The normalized spacial score (nSPS) is 14.3. The van der Waals surface area contributed by atoms with E-state index >= 15 is 0 Å². The fourth-order valence-corrected chi connectivity index (χ4v) is 105. The fraction of sp³-hybridized carbons (Fsp3) is 1.00. The van der Waals surface area contributed by atoms with Gasteiger partial charge in [-0.2, -0.15) is 0 Å². The Bertz CT molecular complexity index is 282. The Balaban J connectivity index is 4.76. The van der Waals surface area contributed by atoms with Gasteiger partial charge >= 0.3 is 0 Å². The molecule has 0 radical (unpaired) electrons. The van der Waals surface area contributed by atoms with Crippen molar-refractivity contribution in [3.8, 4) is 0 Å². The molecule has 0 heterocycles. The van der Waals surface area contributed by atoms with Gasteiger partial charge in [0.2, 0.25) is 0 Å². The first-order chi connectivity index (χ1) is 10.3. The monoisotopic (exact) mass is 388 g/mol. The molecule has 0 aromatic rings. The van der Waals surface area contributed by atoms with Crippen molar-refractivity contribution in [3.05, 3.63) is 0 Å². The van der Waals surface area contributed by atoms with Crippen LogP contribution in [0.4, 0.5) is 0 Å². The lowest BCUT2D eigenvalue weighted by atomic mass is 10.1. The predicted molar refractivity (Wildman–Crippen MR) is 123 cm³/mol. The van der Waals surface area contributed by atoms with Gasteiger partial charge in [-0.3, -0.25) is 0 Å². The van der Waals surface area contributed by atoms with E-state index in [1.165, 1.54) is 44.9 Å². The van der Waals surface area contributed by atoms with Gasteiger partial charge in [-0.25, -0.2) is 0 Å². The van der Waals surface area contributed by atoms with Crippen LogP contribution < -0.4 is 0 Å². The van der Waals surface area contributed by atoms with E-state index < -0.39 is 29.4 Å². The number of hydrogen-bond acceptors (Lipinski definition) is 0. The molecule has 0 aliphatic heterocycles. The van der Waals surface area contributed by atoms with Crippen LogP contribution in [0.2, 0.25) is 65.0 Å². The van der Waals surface area contributed by atoms with E-state index in [-0.39, 0.29) is 0 Å². The van der Waals surface area contributed by atoms with Crippen molar-refractivity contribution in [1.82, 2.24) is 0 Å². The van der Waals surface area contributed by atoms with Gasteiger partial charge in [0.15, 0.2) is 0 Å². The highest BCUT2D eigenvalue weighted by molar-refractivity contribution is 7.89. The molecule has 0 fully saturated rings. The third kappa shape index (κ3) is 6.59. The molecule has 0 aromatic heterocycles. The zero-order chi connectivity index (χ0) is 18.4. The van der Waals surface area contributed by atoms with Gasteiger partial charge in [-0.05, 0) is 0 Å². The number of rotatable bonds is 12. The van der Waals surface area contributed by atoms with Crippen LogP contribution in [0.5, 0.6) is 0 Å². The molecule has 0 atom stereocenters. The van der Waals surface area contributed by atoms with Gasteiger partial charge < -0.3 is 0 Å². The lowest BCUT2D eigenvalue weighted by Crippen LogP contribution is -2.82. The molecular formula is C19H48Si4. The van der Waals surface area contributed by atoms with E-state index in [0.717, 1.165) is 0 Å². The van der Waals surface area contributed by atoms with Crippen molar-refractivity contribution < 1.29 is 0 Å². The summed E-state index contributed by atoms with van der Waals surface area (Å²) in [5.41, 5.74) is 0. The van der Waals surface area contributed by atoms with Crippen molar-refractivity contribution in [2.45, 2.75) is 123 Å². The van der Waals surface area contributed by atoms with E-state index in [2.05, 4.69) is 65.8 Å². The molecule has 0 amide bonds. The average molecular weight is 389 g/mol. The second-order valence-electron chi connectivity index (χ2n) is 10.9. The van der Waals surface area contributed by atoms with Gasteiger partial charge in [-0.15, -0.1) is 0 Å². The maximum atomic E-state index is 2.74. The highest BCUT2D eigenvalue weighted by atomic mass is 29.9.